The number of nitrogens with zero attached hydrogens (tertiary/aromatic N) is 4. The highest BCUT2D eigenvalue weighted by molar-refractivity contribution is 7.17. The number of thiazole rings is 1. The molecule has 1 atom stereocenters. The summed E-state index contributed by atoms with van der Waals surface area (Å²) in [4.78, 5) is 35.7. The molecule has 2 amide bonds. The number of aromatic nitrogens is 2. The highest BCUT2D eigenvalue weighted by atomic mass is 32.1. The number of halogens is 7. The van der Waals surface area contributed by atoms with Gasteiger partial charge >= 0.3 is 6.18 Å². The van der Waals surface area contributed by atoms with Gasteiger partial charge in [0.1, 0.15) is 17.1 Å². The summed E-state index contributed by atoms with van der Waals surface area (Å²) in [5, 5.41) is 12.0. The fourth-order valence-corrected chi connectivity index (χ4v) is 6.10. The van der Waals surface area contributed by atoms with E-state index in [2.05, 4.69) is 15.3 Å². The van der Waals surface area contributed by atoms with Crippen LogP contribution in [0.5, 0.6) is 0 Å². The van der Waals surface area contributed by atoms with Gasteiger partial charge in [0.2, 0.25) is 0 Å². The quantitative estimate of drug-likeness (QED) is 0.380. The van der Waals surface area contributed by atoms with Gasteiger partial charge in [-0.1, -0.05) is 0 Å². The van der Waals surface area contributed by atoms with Crippen LogP contribution >= 0.6 is 11.3 Å². The second-order valence-corrected chi connectivity index (χ2v) is 12.4. The molecule has 2 aliphatic rings. The van der Waals surface area contributed by atoms with Gasteiger partial charge in [-0.3, -0.25) is 9.59 Å². The molecule has 2 aromatic rings. The van der Waals surface area contributed by atoms with E-state index < -0.39 is 71.7 Å². The molecule has 1 saturated heterocycles. The van der Waals surface area contributed by atoms with E-state index in [1.165, 1.54) is 20.8 Å². The van der Waals surface area contributed by atoms with Crippen LogP contribution in [0.3, 0.4) is 0 Å². The van der Waals surface area contributed by atoms with Crippen molar-refractivity contribution in [1.82, 2.24) is 20.2 Å². The van der Waals surface area contributed by atoms with Crippen molar-refractivity contribution in [3.8, 4) is 10.4 Å². The standard InChI is InChI=1S/C26H30F7N5O3S/c1-13-9-25(29,30)12-38(13)22(40)17-18(42-21(36-17)20(39)35-11-23(2,3)41)15-10-34-16(8-14(15)19(27)28)37(4)24(6-5-7-24)26(31,32)33/h8,10,13,19,41H,5-7,9,11-12H2,1-4H3,(H,35,39)/t13-/m0/s1. The summed E-state index contributed by atoms with van der Waals surface area (Å²) in [7, 11) is 1.12. The molecule has 232 valence electrons. The maximum absolute atomic E-state index is 14.4. The van der Waals surface area contributed by atoms with E-state index in [0.29, 0.717) is 17.8 Å². The lowest BCUT2D eigenvalue weighted by atomic mass is 9.74. The highest BCUT2D eigenvalue weighted by Crippen LogP contribution is 2.50. The van der Waals surface area contributed by atoms with Crippen molar-refractivity contribution >= 4 is 29.0 Å². The average molecular weight is 626 g/mol. The third kappa shape index (κ3) is 6.05. The van der Waals surface area contributed by atoms with Gasteiger partial charge in [0.15, 0.2) is 5.01 Å². The van der Waals surface area contributed by atoms with Gasteiger partial charge in [-0.25, -0.2) is 27.5 Å². The van der Waals surface area contributed by atoms with Crippen molar-refractivity contribution in [2.24, 2.45) is 0 Å². The number of nitrogens with one attached hydrogen (secondary N) is 1. The first-order valence-electron chi connectivity index (χ1n) is 13.1. The van der Waals surface area contributed by atoms with E-state index in [9.17, 15) is 45.4 Å². The Labute approximate surface area is 240 Å². The molecule has 4 rings (SSSR count). The van der Waals surface area contributed by atoms with Crippen molar-refractivity contribution < 1.29 is 45.4 Å². The summed E-state index contributed by atoms with van der Waals surface area (Å²) in [6.45, 7) is 3.03. The lowest BCUT2D eigenvalue weighted by Gasteiger charge is -2.49. The average Bonchev–Trinajstić information content (AvgIpc) is 3.39. The number of amides is 2. The number of pyridine rings is 1. The van der Waals surface area contributed by atoms with Gasteiger partial charge in [0.25, 0.3) is 24.2 Å². The fraction of sp³-hybridized carbons (Fsp3) is 0.615. The van der Waals surface area contributed by atoms with Crippen molar-refractivity contribution in [2.75, 3.05) is 25.0 Å². The maximum atomic E-state index is 14.4. The van der Waals surface area contributed by atoms with Gasteiger partial charge in [0, 0.05) is 43.4 Å². The SMILES string of the molecule is C[C@H]1CC(F)(F)CN1C(=O)c1nc(C(=O)NCC(C)(C)O)sc1-c1cnc(N(C)C2(C(F)(F)F)CCC2)cc1C(F)F. The molecule has 1 saturated carbocycles. The molecule has 42 heavy (non-hydrogen) atoms. The Bertz CT molecular complexity index is 1350. The molecule has 2 fully saturated rings. The first-order chi connectivity index (χ1) is 19.3. The lowest BCUT2D eigenvalue weighted by Crippen LogP contribution is -2.62. The van der Waals surface area contributed by atoms with E-state index >= 15 is 0 Å². The molecular weight excluding hydrogens is 595 g/mol. The molecule has 0 spiro atoms. The Morgan fingerprint density at radius 2 is 1.90 bits per heavy atom. The number of carbonyl (C=O) groups excluding carboxylic acids is 2. The van der Waals surface area contributed by atoms with Crippen LogP contribution in [0.4, 0.5) is 36.6 Å². The minimum absolute atomic E-state index is 0.231. The van der Waals surface area contributed by atoms with Crippen LogP contribution in [0.25, 0.3) is 10.4 Å². The van der Waals surface area contributed by atoms with E-state index in [-0.39, 0.29) is 40.7 Å². The van der Waals surface area contributed by atoms with Crippen LogP contribution in [0, 0.1) is 0 Å². The number of alkyl halides is 7. The van der Waals surface area contributed by atoms with Crippen LogP contribution in [0.2, 0.25) is 0 Å². The highest BCUT2D eigenvalue weighted by Gasteiger charge is 2.61. The molecule has 1 aliphatic heterocycles. The van der Waals surface area contributed by atoms with Gasteiger partial charge in [0.05, 0.1) is 17.0 Å². The smallest absolute Gasteiger partial charge is 0.389 e. The van der Waals surface area contributed by atoms with Crippen LogP contribution in [-0.4, -0.2) is 81.2 Å². The summed E-state index contributed by atoms with van der Waals surface area (Å²) in [5.41, 5.74) is -5.29. The number of likely N-dealkylation sites (tertiary alicyclic amines) is 1. The number of aliphatic hydroxyl groups is 1. The first-order valence-corrected chi connectivity index (χ1v) is 13.9. The van der Waals surface area contributed by atoms with Crippen LogP contribution in [0.15, 0.2) is 12.3 Å². The molecule has 0 radical (unpaired) electrons. The molecule has 8 nitrogen and oxygen atoms in total. The minimum atomic E-state index is -4.65. The third-order valence-corrected chi connectivity index (χ3v) is 8.68. The lowest BCUT2D eigenvalue weighted by molar-refractivity contribution is -0.207. The molecule has 16 heteroatoms. The summed E-state index contributed by atoms with van der Waals surface area (Å²) in [5.74, 6) is -5.46. The van der Waals surface area contributed by atoms with E-state index in [1.807, 2.05) is 0 Å². The maximum Gasteiger partial charge on any atom is 0.411 e. The van der Waals surface area contributed by atoms with Crippen molar-refractivity contribution in [3.63, 3.8) is 0 Å². The topological polar surface area (TPSA) is 98.7 Å². The number of hydrogen-bond acceptors (Lipinski definition) is 7. The summed E-state index contributed by atoms with van der Waals surface area (Å²) < 4.78 is 98.8. The molecule has 3 heterocycles. The van der Waals surface area contributed by atoms with E-state index in [1.54, 1.807) is 0 Å². The number of hydrogen-bond donors (Lipinski definition) is 2. The van der Waals surface area contributed by atoms with Crippen LogP contribution < -0.4 is 10.2 Å². The Morgan fingerprint density at radius 3 is 2.38 bits per heavy atom. The summed E-state index contributed by atoms with van der Waals surface area (Å²) in [6.07, 6.45) is -7.84. The minimum Gasteiger partial charge on any atom is -0.389 e. The molecule has 0 unspecified atom stereocenters. The Hall–Kier alpha value is -3.01. The Balaban J connectivity index is 1.80. The normalized spacial score (nSPS) is 20.0. The fourth-order valence-electron chi connectivity index (χ4n) is 5.09. The second kappa shape index (κ2) is 10.9. The molecular formula is C26H30F7N5O3S. The van der Waals surface area contributed by atoms with Gasteiger partial charge < -0.3 is 20.2 Å². The molecule has 2 N–H and O–H groups in total. The molecule has 2 aromatic heterocycles. The zero-order valence-corrected chi connectivity index (χ0v) is 24.0. The van der Waals surface area contributed by atoms with Crippen molar-refractivity contribution in [2.45, 2.75) is 82.2 Å². The predicted octanol–water partition coefficient (Wildman–Crippen LogP) is 5.43. The van der Waals surface area contributed by atoms with Gasteiger partial charge in [-0.05, 0) is 46.1 Å². The molecule has 1 aliphatic carbocycles. The number of anilines is 1. The Morgan fingerprint density at radius 1 is 1.26 bits per heavy atom. The zero-order valence-electron chi connectivity index (χ0n) is 23.2. The van der Waals surface area contributed by atoms with Gasteiger partial charge in [-0.2, -0.15) is 13.2 Å². The van der Waals surface area contributed by atoms with Crippen LogP contribution in [0.1, 0.15) is 78.7 Å². The number of carbonyl (C=O) groups is 2. The van der Waals surface area contributed by atoms with E-state index in [4.69, 9.17) is 0 Å². The van der Waals surface area contributed by atoms with Crippen LogP contribution in [-0.2, 0) is 0 Å². The Kier molecular flexibility index (Phi) is 8.30. The summed E-state index contributed by atoms with van der Waals surface area (Å²) in [6, 6.07) is -0.139. The van der Waals surface area contributed by atoms with Gasteiger partial charge in [-0.15, -0.1) is 11.3 Å². The predicted molar refractivity (Wildman–Crippen MR) is 140 cm³/mol. The van der Waals surface area contributed by atoms with Crippen molar-refractivity contribution in [1.29, 1.82) is 0 Å². The molecule has 0 bridgehead atoms. The second-order valence-electron chi connectivity index (χ2n) is 11.4. The van der Waals surface area contributed by atoms with E-state index in [0.717, 1.165) is 29.1 Å². The largest absolute Gasteiger partial charge is 0.411 e. The monoisotopic (exact) mass is 625 g/mol. The summed E-state index contributed by atoms with van der Waals surface area (Å²) >= 11 is 0.524. The third-order valence-electron chi connectivity index (χ3n) is 7.59. The van der Waals surface area contributed by atoms with Crippen molar-refractivity contribution in [3.05, 3.63) is 28.5 Å². The first kappa shape index (κ1) is 31.9. The number of rotatable bonds is 8. The molecule has 0 aromatic carbocycles. The zero-order chi connectivity index (χ0) is 31.4.